The van der Waals surface area contributed by atoms with Crippen molar-refractivity contribution < 1.29 is 14.2 Å². The Hall–Kier alpha value is -2.11. The van der Waals surface area contributed by atoms with E-state index in [-0.39, 0.29) is 16.8 Å². The molecule has 0 heterocycles. The lowest BCUT2D eigenvalue weighted by molar-refractivity contribution is 0.130. The first-order valence-corrected chi connectivity index (χ1v) is 15.4. The maximum atomic E-state index is 6.07. The van der Waals surface area contributed by atoms with Gasteiger partial charge in [-0.05, 0) is 150 Å². The summed E-state index contributed by atoms with van der Waals surface area (Å²) in [5, 5.41) is 0. The van der Waals surface area contributed by atoms with Gasteiger partial charge in [-0.15, -0.1) is 8.46 Å². The number of hydrogen-bond acceptors (Lipinski definition) is 3. The second-order valence-electron chi connectivity index (χ2n) is 11.6. The van der Waals surface area contributed by atoms with Gasteiger partial charge in [0.1, 0.15) is 34.1 Å². The quantitative estimate of drug-likeness (QED) is 0.301. The van der Waals surface area contributed by atoms with Crippen molar-refractivity contribution in [3.63, 3.8) is 0 Å². The van der Waals surface area contributed by atoms with Gasteiger partial charge in [0.15, 0.2) is 0 Å². The molecule has 3 rings (SSSR count). The van der Waals surface area contributed by atoms with Crippen LogP contribution in [0.1, 0.15) is 62.3 Å². The fraction of sp³-hybridized carbons (Fsp3) is 0.400. The van der Waals surface area contributed by atoms with E-state index in [9.17, 15) is 0 Å². The first-order chi connectivity index (χ1) is 16.1. The van der Waals surface area contributed by atoms with Gasteiger partial charge in [0.2, 0.25) is 0 Å². The number of halogens is 1. The van der Waals surface area contributed by atoms with Crippen molar-refractivity contribution in [2.45, 2.75) is 93.8 Å². The Bertz CT molecular complexity index is 957. The summed E-state index contributed by atoms with van der Waals surface area (Å²) in [5.41, 5.74) is -0.733. The van der Waals surface area contributed by atoms with Crippen LogP contribution in [0.2, 0.25) is 0 Å². The van der Waals surface area contributed by atoms with Crippen LogP contribution >= 0.6 is 23.3 Å². The second-order valence-corrected chi connectivity index (χ2v) is 17.0. The van der Waals surface area contributed by atoms with Gasteiger partial charge in [0, 0.05) is 14.7 Å². The molecule has 0 unspecified atom stereocenters. The van der Waals surface area contributed by atoms with E-state index in [0.29, 0.717) is 0 Å². The minimum Gasteiger partial charge on any atom is -0.488 e. The third-order valence-electron chi connectivity index (χ3n) is 4.72. The number of benzene rings is 3. The molecule has 0 radical (unpaired) electrons. The third-order valence-corrected chi connectivity index (χ3v) is 10.8. The predicted molar refractivity (Wildman–Crippen MR) is 152 cm³/mol. The lowest BCUT2D eigenvalue weighted by atomic mass is 10.2. The molecule has 0 spiro atoms. The van der Waals surface area contributed by atoms with Gasteiger partial charge in [-0.25, -0.2) is 0 Å². The fourth-order valence-corrected chi connectivity index (χ4v) is 7.85. The Morgan fingerprint density at radius 1 is 0.429 bits per heavy atom. The van der Waals surface area contributed by atoms with Crippen molar-refractivity contribution in [2.75, 3.05) is 0 Å². The minimum absolute atomic E-state index is 0.244. The zero-order valence-electron chi connectivity index (χ0n) is 22.4. The molecule has 190 valence electrons. The molecule has 0 fully saturated rings. The smallest absolute Gasteiger partial charge is 0.120 e. The van der Waals surface area contributed by atoms with Crippen LogP contribution in [0.4, 0.5) is 0 Å². The van der Waals surface area contributed by atoms with Crippen LogP contribution in [0.15, 0.2) is 87.5 Å². The monoisotopic (exact) mass is 558 g/mol. The molecule has 3 nitrogen and oxygen atoms in total. The molecule has 0 bridgehead atoms. The zero-order valence-corrected chi connectivity index (χ0v) is 24.8. The van der Waals surface area contributed by atoms with Crippen molar-refractivity contribution in [2.24, 2.45) is 0 Å². The molecule has 0 saturated carbocycles. The van der Waals surface area contributed by atoms with Crippen molar-refractivity contribution in [3.8, 4) is 17.2 Å². The summed E-state index contributed by atoms with van der Waals surface area (Å²) >= 11 is 4.23. The summed E-state index contributed by atoms with van der Waals surface area (Å²) in [6.07, 6.45) is 0. The van der Waals surface area contributed by atoms with E-state index in [0.717, 1.165) is 17.2 Å². The molecule has 3 aromatic carbocycles. The molecular formula is C30H39BrO3S. The second kappa shape index (κ2) is 10.1. The van der Waals surface area contributed by atoms with Crippen LogP contribution in [-0.4, -0.2) is 16.8 Å². The molecule has 0 saturated heterocycles. The van der Waals surface area contributed by atoms with Crippen LogP contribution in [-0.2, 0) is 0 Å². The number of ether oxygens (including phenoxy) is 3. The SMILES string of the molecule is CC(C)(C)Oc1ccc(S(Br)(c2ccc(OC(C)(C)C)cc2)c2ccc(OC(C)(C)C)cc2)cc1. The minimum atomic E-state index is -1.71. The van der Waals surface area contributed by atoms with Crippen molar-refractivity contribution in [1.82, 2.24) is 0 Å². The maximum Gasteiger partial charge on any atom is 0.120 e. The van der Waals surface area contributed by atoms with E-state index >= 15 is 0 Å². The van der Waals surface area contributed by atoms with Crippen LogP contribution in [0, 0.1) is 0 Å². The molecule has 0 aromatic heterocycles. The normalized spacial score (nSPS) is 13.3. The van der Waals surface area contributed by atoms with Crippen molar-refractivity contribution in [3.05, 3.63) is 72.8 Å². The van der Waals surface area contributed by atoms with Gasteiger partial charge < -0.3 is 14.2 Å². The maximum absolute atomic E-state index is 6.07. The lowest BCUT2D eigenvalue weighted by Gasteiger charge is -2.35. The Labute approximate surface area is 220 Å². The van der Waals surface area contributed by atoms with Crippen LogP contribution in [0.5, 0.6) is 17.2 Å². The first kappa shape index (κ1) is 27.5. The summed E-state index contributed by atoms with van der Waals surface area (Å²) in [6, 6.07) is 25.3. The van der Waals surface area contributed by atoms with Gasteiger partial charge in [-0.2, -0.15) is 0 Å². The summed E-state index contributed by atoms with van der Waals surface area (Å²) in [6.45, 7) is 18.5. The summed E-state index contributed by atoms with van der Waals surface area (Å²) in [7, 11) is -1.71. The van der Waals surface area contributed by atoms with Gasteiger partial charge in [0.05, 0.1) is 0 Å². The summed E-state index contributed by atoms with van der Waals surface area (Å²) < 4.78 is 18.2. The standard InChI is InChI=1S/C30H39BrO3S/c1-28(2,3)32-22-10-16-25(17-11-22)35(31,26-18-12-23(13-19-26)33-29(4,5)6)27-20-14-24(15-21-27)34-30(7,8)9/h10-21H,1-9H3. The van der Waals surface area contributed by atoms with E-state index < -0.39 is 8.46 Å². The third kappa shape index (κ3) is 7.68. The van der Waals surface area contributed by atoms with E-state index in [1.54, 1.807) is 0 Å². The number of rotatable bonds is 6. The Kier molecular flexibility index (Phi) is 7.93. The van der Waals surface area contributed by atoms with E-state index in [4.69, 9.17) is 14.2 Å². The van der Waals surface area contributed by atoms with Crippen LogP contribution < -0.4 is 14.2 Å². The van der Waals surface area contributed by atoms with Crippen LogP contribution in [0.25, 0.3) is 0 Å². The average Bonchev–Trinajstić information content (AvgIpc) is 2.71. The molecule has 0 amide bonds. The molecule has 3 aromatic rings. The average molecular weight is 560 g/mol. The van der Waals surface area contributed by atoms with Crippen molar-refractivity contribution >= 4 is 23.3 Å². The van der Waals surface area contributed by atoms with E-state index in [1.165, 1.54) is 14.7 Å². The van der Waals surface area contributed by atoms with Gasteiger partial charge in [0.25, 0.3) is 0 Å². The molecule has 0 atom stereocenters. The highest BCUT2D eigenvalue weighted by molar-refractivity contribution is 9.58. The first-order valence-electron chi connectivity index (χ1n) is 12.0. The van der Waals surface area contributed by atoms with Gasteiger partial charge in [-0.3, -0.25) is 0 Å². The molecule has 35 heavy (non-hydrogen) atoms. The molecule has 0 N–H and O–H groups in total. The largest absolute Gasteiger partial charge is 0.488 e. The zero-order chi connectivity index (χ0) is 26.1. The number of hydrogen-bond donors (Lipinski definition) is 0. The van der Waals surface area contributed by atoms with Gasteiger partial charge >= 0.3 is 0 Å². The fourth-order valence-electron chi connectivity index (χ4n) is 3.55. The highest BCUT2D eigenvalue weighted by atomic mass is 79.9. The molecular weight excluding hydrogens is 520 g/mol. The predicted octanol–water partition coefficient (Wildman–Crippen LogP) is 9.81. The summed E-state index contributed by atoms with van der Waals surface area (Å²) in [5.74, 6) is 2.58. The Balaban J connectivity index is 2.05. The highest BCUT2D eigenvalue weighted by Crippen LogP contribution is 2.74. The lowest BCUT2D eigenvalue weighted by Crippen LogP contribution is -2.22. The summed E-state index contributed by atoms with van der Waals surface area (Å²) in [4.78, 5) is 3.56. The van der Waals surface area contributed by atoms with E-state index in [2.05, 4.69) is 150 Å². The van der Waals surface area contributed by atoms with Gasteiger partial charge in [-0.1, -0.05) is 0 Å². The molecule has 0 aliphatic heterocycles. The van der Waals surface area contributed by atoms with E-state index in [1.807, 2.05) is 0 Å². The Morgan fingerprint density at radius 3 is 0.800 bits per heavy atom. The molecule has 0 aliphatic rings. The molecule has 0 aliphatic carbocycles. The van der Waals surface area contributed by atoms with Crippen LogP contribution in [0.3, 0.4) is 0 Å². The molecule has 5 heteroatoms. The highest BCUT2D eigenvalue weighted by Gasteiger charge is 2.29. The topological polar surface area (TPSA) is 27.7 Å². The Morgan fingerprint density at radius 2 is 0.629 bits per heavy atom. The van der Waals surface area contributed by atoms with Crippen molar-refractivity contribution in [1.29, 1.82) is 0 Å².